The fourth-order valence-electron chi connectivity index (χ4n) is 6.51. The second kappa shape index (κ2) is 11.9. The highest BCUT2D eigenvalue weighted by Crippen LogP contribution is 2.33. The minimum Gasteiger partial charge on any atom is -0.381 e. The normalized spacial score (nSPS) is 23.7. The number of aryl methyl sites for hydroxylation is 1. The zero-order chi connectivity index (χ0) is 26.8. The highest BCUT2D eigenvalue weighted by molar-refractivity contribution is 7.17. The molecule has 1 aliphatic carbocycles. The fourth-order valence-corrected chi connectivity index (χ4v) is 7.45. The molecular weight excluding hydrogens is 510 g/mol. The first kappa shape index (κ1) is 26.7. The van der Waals surface area contributed by atoms with E-state index in [0.717, 1.165) is 93.5 Å². The van der Waals surface area contributed by atoms with Crippen LogP contribution in [0.15, 0.2) is 17.8 Å². The number of amides is 1. The zero-order valence-electron chi connectivity index (χ0n) is 23.3. The molecule has 3 aromatic rings. The fraction of sp³-hybridized carbons (Fsp3) is 0.655. The van der Waals surface area contributed by atoms with E-state index in [2.05, 4.69) is 38.5 Å². The number of fused-ring (bicyclic) bond motifs is 1. The van der Waals surface area contributed by atoms with Crippen molar-refractivity contribution in [3.05, 3.63) is 34.7 Å². The Labute approximate surface area is 234 Å². The minimum absolute atomic E-state index is 0.206. The molecule has 3 aliphatic rings. The number of nitrogens with zero attached hydrogens (tertiary/aromatic N) is 6. The van der Waals surface area contributed by atoms with E-state index >= 15 is 0 Å². The van der Waals surface area contributed by atoms with Gasteiger partial charge in [-0.25, -0.2) is 9.97 Å². The van der Waals surface area contributed by atoms with Crippen LogP contribution in [0.3, 0.4) is 0 Å². The highest BCUT2D eigenvalue weighted by Gasteiger charge is 2.28. The Bertz CT molecular complexity index is 1280. The third-order valence-corrected chi connectivity index (χ3v) is 9.77. The lowest BCUT2D eigenvalue weighted by molar-refractivity contribution is -0.128. The van der Waals surface area contributed by atoms with Gasteiger partial charge in [-0.05, 0) is 68.4 Å². The van der Waals surface area contributed by atoms with Crippen LogP contribution < -0.4 is 5.32 Å². The molecule has 39 heavy (non-hydrogen) atoms. The van der Waals surface area contributed by atoms with Gasteiger partial charge in [-0.2, -0.15) is 5.10 Å². The van der Waals surface area contributed by atoms with Crippen molar-refractivity contribution >= 4 is 33.3 Å². The number of hydrogen-bond donors (Lipinski definition) is 1. The van der Waals surface area contributed by atoms with Crippen molar-refractivity contribution in [3.63, 3.8) is 0 Å². The van der Waals surface area contributed by atoms with Gasteiger partial charge in [0.05, 0.1) is 17.6 Å². The molecule has 6 rings (SSSR count). The van der Waals surface area contributed by atoms with Gasteiger partial charge in [0.2, 0.25) is 5.91 Å². The number of nitrogens with one attached hydrogen (secondary N) is 1. The van der Waals surface area contributed by atoms with Crippen molar-refractivity contribution in [2.75, 3.05) is 44.7 Å². The van der Waals surface area contributed by atoms with E-state index in [4.69, 9.17) is 14.7 Å². The van der Waals surface area contributed by atoms with Crippen molar-refractivity contribution in [1.82, 2.24) is 29.5 Å². The molecule has 5 heterocycles. The second-order valence-corrected chi connectivity index (χ2v) is 12.3. The molecule has 1 saturated carbocycles. The summed E-state index contributed by atoms with van der Waals surface area (Å²) in [6, 6.07) is 1.46. The maximum absolute atomic E-state index is 11.8. The number of aromatic nitrogens is 4. The third kappa shape index (κ3) is 6.12. The first-order chi connectivity index (χ1) is 19.0. The van der Waals surface area contributed by atoms with Gasteiger partial charge in [0.1, 0.15) is 16.5 Å². The van der Waals surface area contributed by atoms with Crippen LogP contribution in [0.5, 0.6) is 0 Å². The molecule has 0 spiro atoms. The topological polar surface area (TPSA) is 88.4 Å². The molecule has 10 heteroatoms. The predicted molar refractivity (Wildman–Crippen MR) is 154 cm³/mol. The van der Waals surface area contributed by atoms with Gasteiger partial charge in [-0.3, -0.25) is 14.4 Å². The molecule has 210 valence electrons. The molecule has 0 bridgehead atoms. The number of thiophene rings is 1. The van der Waals surface area contributed by atoms with E-state index in [9.17, 15) is 4.79 Å². The lowest BCUT2D eigenvalue weighted by Crippen LogP contribution is -2.42. The number of carbonyl (C=O) groups is 1. The van der Waals surface area contributed by atoms with Gasteiger partial charge < -0.3 is 15.0 Å². The molecule has 3 fully saturated rings. The molecule has 0 radical (unpaired) electrons. The molecule has 1 amide bonds. The number of anilines is 1. The molecular formula is C29H41N7O2S. The van der Waals surface area contributed by atoms with Crippen LogP contribution in [-0.2, 0) is 16.0 Å². The molecule has 9 nitrogen and oxygen atoms in total. The number of rotatable bonds is 6. The van der Waals surface area contributed by atoms with Gasteiger partial charge in [-0.15, -0.1) is 11.3 Å². The number of hydrogen-bond acceptors (Lipinski definition) is 8. The van der Waals surface area contributed by atoms with E-state index in [0.29, 0.717) is 24.5 Å². The van der Waals surface area contributed by atoms with Crippen LogP contribution in [0.25, 0.3) is 10.2 Å². The molecule has 1 N–H and O–H groups in total. The van der Waals surface area contributed by atoms with Gasteiger partial charge in [0.15, 0.2) is 0 Å². The van der Waals surface area contributed by atoms with Crippen LogP contribution in [0, 0.1) is 6.92 Å². The van der Waals surface area contributed by atoms with Gasteiger partial charge in [0.25, 0.3) is 0 Å². The highest BCUT2D eigenvalue weighted by atomic mass is 32.1. The predicted octanol–water partition coefficient (Wildman–Crippen LogP) is 4.42. The van der Waals surface area contributed by atoms with Crippen molar-refractivity contribution in [2.24, 2.45) is 0 Å². The molecule has 3 aromatic heterocycles. The number of carbonyl (C=O) groups excluding carboxylic acids is 1. The third-order valence-electron chi connectivity index (χ3n) is 8.78. The van der Waals surface area contributed by atoms with E-state index in [1.807, 2.05) is 11.1 Å². The average molecular weight is 552 g/mol. The monoisotopic (exact) mass is 551 g/mol. The maximum atomic E-state index is 11.8. The van der Waals surface area contributed by atoms with Crippen molar-refractivity contribution in [2.45, 2.75) is 83.3 Å². The standard InChI is InChI=1S/C29H41N7O2S/c1-20-19-39-29-27(20)28(32-26(33-29)16-22-17-30-36(18-22)25-8-14-38-15-9-25)31-23-4-6-24(7-5-23)35-11-3-10-34(12-13-35)21(2)37/h17-19,23-25H,3-16H2,1-2H3,(H,31,32,33). The summed E-state index contributed by atoms with van der Waals surface area (Å²) in [5, 5.41) is 11.9. The smallest absolute Gasteiger partial charge is 0.219 e. The summed E-state index contributed by atoms with van der Waals surface area (Å²) in [7, 11) is 0. The molecule has 0 unspecified atom stereocenters. The summed E-state index contributed by atoms with van der Waals surface area (Å²) in [6.45, 7) is 9.32. The zero-order valence-corrected chi connectivity index (χ0v) is 24.1. The molecule has 0 aromatic carbocycles. The minimum atomic E-state index is 0.206. The summed E-state index contributed by atoms with van der Waals surface area (Å²) in [5.41, 5.74) is 2.39. The van der Waals surface area contributed by atoms with Crippen LogP contribution >= 0.6 is 11.3 Å². The van der Waals surface area contributed by atoms with Crippen LogP contribution in [0.1, 0.15) is 74.9 Å². The largest absolute Gasteiger partial charge is 0.381 e. The summed E-state index contributed by atoms with van der Waals surface area (Å²) in [4.78, 5) is 27.5. The SMILES string of the molecule is CC(=O)N1CCCN(C2CCC(Nc3nc(Cc4cnn(C5CCOCC5)c4)nc4scc(C)c34)CC2)CC1. The molecule has 0 atom stereocenters. The van der Waals surface area contributed by atoms with Crippen molar-refractivity contribution in [1.29, 1.82) is 0 Å². The van der Waals surface area contributed by atoms with Gasteiger partial charge >= 0.3 is 0 Å². The van der Waals surface area contributed by atoms with Gasteiger partial charge in [-0.1, -0.05) is 0 Å². The van der Waals surface area contributed by atoms with Crippen molar-refractivity contribution in [3.8, 4) is 0 Å². The van der Waals surface area contributed by atoms with Crippen LogP contribution in [0.4, 0.5) is 5.82 Å². The lowest BCUT2D eigenvalue weighted by atomic mass is 9.90. The molecule has 2 saturated heterocycles. The Kier molecular flexibility index (Phi) is 8.13. The average Bonchev–Trinajstić information content (AvgIpc) is 3.47. The Balaban J connectivity index is 1.11. The number of ether oxygens (including phenoxy) is 1. The summed E-state index contributed by atoms with van der Waals surface area (Å²) in [5.74, 6) is 2.05. The van der Waals surface area contributed by atoms with Crippen molar-refractivity contribution < 1.29 is 9.53 Å². The first-order valence-corrected chi connectivity index (χ1v) is 15.5. The Morgan fingerprint density at radius 3 is 2.67 bits per heavy atom. The maximum Gasteiger partial charge on any atom is 0.219 e. The van der Waals surface area contributed by atoms with Crippen LogP contribution in [0.2, 0.25) is 0 Å². The summed E-state index contributed by atoms with van der Waals surface area (Å²) >= 11 is 1.71. The second-order valence-electron chi connectivity index (χ2n) is 11.5. The van der Waals surface area contributed by atoms with E-state index in [1.54, 1.807) is 18.3 Å². The Morgan fingerprint density at radius 1 is 1.05 bits per heavy atom. The summed E-state index contributed by atoms with van der Waals surface area (Å²) < 4.78 is 7.62. The van der Waals surface area contributed by atoms with E-state index < -0.39 is 0 Å². The van der Waals surface area contributed by atoms with E-state index in [1.165, 1.54) is 23.8 Å². The van der Waals surface area contributed by atoms with Crippen LogP contribution in [-0.4, -0.2) is 86.9 Å². The Morgan fingerprint density at radius 2 is 1.87 bits per heavy atom. The molecule has 2 aliphatic heterocycles. The summed E-state index contributed by atoms with van der Waals surface area (Å²) in [6.07, 6.45) is 12.6. The van der Waals surface area contributed by atoms with E-state index in [-0.39, 0.29) is 5.91 Å². The quantitative estimate of drug-likeness (QED) is 0.485. The lowest BCUT2D eigenvalue weighted by Gasteiger charge is -2.36. The van der Waals surface area contributed by atoms with Gasteiger partial charge in [0, 0.05) is 71.0 Å². The first-order valence-electron chi connectivity index (χ1n) is 14.6. The Hall–Kier alpha value is -2.56.